The molecule has 2 unspecified atom stereocenters. The van der Waals surface area contributed by atoms with Crippen molar-refractivity contribution in [3.8, 4) is 0 Å². The SMILES string of the molecule is Cc1cccc(C)c1C(C(=O)NC(C)C)N(C)C(=O)C(CS)NC(=O)OC(C)(C)C. The highest BCUT2D eigenvalue weighted by Gasteiger charge is 2.35. The molecule has 7 nitrogen and oxygen atoms in total. The summed E-state index contributed by atoms with van der Waals surface area (Å²) in [5.41, 5.74) is 1.88. The zero-order chi connectivity index (χ0) is 23.2. The number of hydrogen-bond donors (Lipinski definition) is 3. The van der Waals surface area contributed by atoms with E-state index in [2.05, 4.69) is 23.3 Å². The van der Waals surface area contributed by atoms with Crippen molar-refractivity contribution in [1.82, 2.24) is 15.5 Å². The van der Waals surface area contributed by atoms with Crippen LogP contribution in [0.1, 0.15) is 57.4 Å². The second-order valence-electron chi connectivity index (χ2n) is 8.70. The fourth-order valence-corrected chi connectivity index (χ4v) is 3.38. The Bertz CT molecular complexity index is 754. The van der Waals surface area contributed by atoms with Crippen molar-refractivity contribution in [2.24, 2.45) is 0 Å². The Morgan fingerprint density at radius 2 is 1.63 bits per heavy atom. The molecule has 0 heterocycles. The molecule has 3 amide bonds. The molecule has 0 aliphatic carbocycles. The summed E-state index contributed by atoms with van der Waals surface area (Å²) < 4.78 is 5.25. The van der Waals surface area contributed by atoms with Crippen molar-refractivity contribution >= 4 is 30.5 Å². The van der Waals surface area contributed by atoms with Gasteiger partial charge in [0.1, 0.15) is 17.7 Å². The maximum absolute atomic E-state index is 13.2. The molecule has 2 N–H and O–H groups in total. The molecule has 0 bridgehead atoms. The van der Waals surface area contributed by atoms with Gasteiger partial charge < -0.3 is 20.3 Å². The normalized spacial score (nSPS) is 13.4. The van der Waals surface area contributed by atoms with E-state index in [1.54, 1.807) is 27.8 Å². The average Bonchev–Trinajstić information content (AvgIpc) is 2.59. The standard InChI is InChI=1S/C22H35N3O4S/c1-13(2)23-19(26)18(17-14(3)10-9-11-15(17)4)25(8)20(27)16(12-30)24-21(28)29-22(5,6)7/h9-11,13,16,18,30H,12H2,1-8H3,(H,23,26)(H,24,28). The number of nitrogens with zero attached hydrogens (tertiary/aromatic N) is 1. The van der Waals surface area contributed by atoms with Crippen molar-refractivity contribution in [3.63, 3.8) is 0 Å². The Morgan fingerprint density at radius 3 is 2.07 bits per heavy atom. The Morgan fingerprint density at radius 1 is 1.10 bits per heavy atom. The summed E-state index contributed by atoms with van der Waals surface area (Å²) in [6.07, 6.45) is -0.710. The molecule has 0 aliphatic rings. The topological polar surface area (TPSA) is 87.7 Å². The van der Waals surface area contributed by atoms with Gasteiger partial charge in [-0.15, -0.1) is 0 Å². The van der Waals surface area contributed by atoms with Crippen LogP contribution in [0.2, 0.25) is 0 Å². The maximum atomic E-state index is 13.2. The van der Waals surface area contributed by atoms with Crippen LogP contribution in [-0.2, 0) is 14.3 Å². The predicted molar refractivity (Wildman–Crippen MR) is 122 cm³/mol. The molecule has 1 rings (SSSR count). The van der Waals surface area contributed by atoms with Gasteiger partial charge in [0.15, 0.2) is 0 Å². The molecule has 0 aromatic heterocycles. The second-order valence-corrected chi connectivity index (χ2v) is 9.07. The van der Waals surface area contributed by atoms with Crippen LogP contribution in [0.15, 0.2) is 18.2 Å². The number of benzene rings is 1. The minimum atomic E-state index is -0.938. The monoisotopic (exact) mass is 437 g/mol. The second kappa shape index (κ2) is 10.7. The summed E-state index contributed by atoms with van der Waals surface area (Å²) in [6.45, 7) is 12.8. The summed E-state index contributed by atoms with van der Waals surface area (Å²) in [4.78, 5) is 39.9. The number of ether oxygens (including phenoxy) is 1. The fourth-order valence-electron chi connectivity index (χ4n) is 3.13. The number of rotatable bonds is 7. The molecular formula is C22H35N3O4S. The number of likely N-dealkylation sites (N-methyl/N-ethyl adjacent to an activating group) is 1. The lowest BCUT2D eigenvalue weighted by molar-refractivity contribution is -0.140. The molecule has 0 saturated carbocycles. The maximum Gasteiger partial charge on any atom is 0.408 e. The van der Waals surface area contributed by atoms with Crippen molar-refractivity contribution < 1.29 is 19.1 Å². The molecule has 0 saturated heterocycles. The molecule has 8 heteroatoms. The van der Waals surface area contributed by atoms with Crippen molar-refractivity contribution in [2.45, 2.75) is 72.2 Å². The van der Waals surface area contributed by atoms with Gasteiger partial charge in [-0.3, -0.25) is 9.59 Å². The van der Waals surface area contributed by atoms with Gasteiger partial charge >= 0.3 is 6.09 Å². The van der Waals surface area contributed by atoms with Gasteiger partial charge in [-0.1, -0.05) is 18.2 Å². The van der Waals surface area contributed by atoms with E-state index in [1.165, 1.54) is 4.90 Å². The van der Waals surface area contributed by atoms with E-state index < -0.39 is 29.7 Å². The molecule has 1 aromatic carbocycles. The molecule has 30 heavy (non-hydrogen) atoms. The van der Waals surface area contributed by atoms with Crippen molar-refractivity contribution in [1.29, 1.82) is 0 Å². The van der Waals surface area contributed by atoms with Gasteiger partial charge in [0.2, 0.25) is 11.8 Å². The van der Waals surface area contributed by atoms with Gasteiger partial charge in [-0.25, -0.2) is 4.79 Å². The van der Waals surface area contributed by atoms with Crippen LogP contribution in [0.25, 0.3) is 0 Å². The summed E-state index contributed by atoms with van der Waals surface area (Å²) in [5.74, 6) is -0.649. The first-order valence-electron chi connectivity index (χ1n) is 10.0. The molecule has 0 spiro atoms. The first kappa shape index (κ1) is 25.8. The van der Waals surface area contributed by atoms with Crippen LogP contribution < -0.4 is 10.6 Å². The molecule has 0 aliphatic heterocycles. The number of thiol groups is 1. The van der Waals surface area contributed by atoms with Crippen LogP contribution in [0.5, 0.6) is 0 Å². The van der Waals surface area contributed by atoms with E-state index in [-0.39, 0.29) is 17.7 Å². The van der Waals surface area contributed by atoms with Gasteiger partial charge in [0.05, 0.1) is 0 Å². The quantitative estimate of drug-likeness (QED) is 0.572. The van der Waals surface area contributed by atoms with E-state index in [4.69, 9.17) is 4.74 Å². The minimum Gasteiger partial charge on any atom is -0.444 e. The van der Waals surface area contributed by atoms with Crippen LogP contribution in [0.3, 0.4) is 0 Å². The number of carbonyl (C=O) groups excluding carboxylic acids is 3. The highest BCUT2D eigenvalue weighted by atomic mass is 32.1. The largest absolute Gasteiger partial charge is 0.444 e. The first-order valence-corrected chi connectivity index (χ1v) is 10.6. The Kier molecular flexibility index (Phi) is 9.21. The summed E-state index contributed by atoms with van der Waals surface area (Å²) in [6, 6.07) is 3.86. The molecule has 2 atom stereocenters. The van der Waals surface area contributed by atoms with Gasteiger partial charge in [0.25, 0.3) is 0 Å². The molecule has 0 radical (unpaired) electrons. The van der Waals surface area contributed by atoms with Crippen LogP contribution in [-0.4, -0.2) is 53.3 Å². The number of carbonyl (C=O) groups is 3. The third kappa shape index (κ3) is 7.23. The highest BCUT2D eigenvalue weighted by molar-refractivity contribution is 7.80. The fraction of sp³-hybridized carbons (Fsp3) is 0.591. The average molecular weight is 438 g/mol. The minimum absolute atomic E-state index is 0.0632. The van der Waals surface area contributed by atoms with E-state index >= 15 is 0 Å². The molecule has 0 fully saturated rings. The Balaban J connectivity index is 3.24. The van der Waals surface area contributed by atoms with Crippen LogP contribution in [0.4, 0.5) is 4.79 Å². The van der Waals surface area contributed by atoms with Gasteiger partial charge in [0, 0.05) is 18.8 Å². The zero-order valence-electron chi connectivity index (χ0n) is 19.2. The lowest BCUT2D eigenvalue weighted by Gasteiger charge is -2.33. The van der Waals surface area contributed by atoms with Crippen molar-refractivity contribution in [2.75, 3.05) is 12.8 Å². The number of amides is 3. The summed E-state index contributed by atoms with van der Waals surface area (Å²) in [5, 5.41) is 5.46. The predicted octanol–water partition coefficient (Wildman–Crippen LogP) is 3.15. The lowest BCUT2D eigenvalue weighted by Crippen LogP contribution is -2.53. The number of aryl methyl sites for hydroxylation is 2. The van der Waals surface area contributed by atoms with Crippen LogP contribution >= 0.6 is 12.6 Å². The van der Waals surface area contributed by atoms with Gasteiger partial charge in [-0.2, -0.15) is 12.6 Å². The smallest absolute Gasteiger partial charge is 0.408 e. The summed E-state index contributed by atoms with van der Waals surface area (Å²) in [7, 11) is 1.56. The van der Waals surface area contributed by atoms with Gasteiger partial charge in [-0.05, 0) is 65.2 Å². The lowest BCUT2D eigenvalue weighted by atomic mass is 9.94. The molecular weight excluding hydrogens is 402 g/mol. The third-order valence-electron chi connectivity index (χ3n) is 4.40. The van der Waals surface area contributed by atoms with E-state index in [0.29, 0.717) is 0 Å². The van der Waals surface area contributed by atoms with E-state index in [1.807, 2.05) is 45.9 Å². The summed E-state index contributed by atoms with van der Waals surface area (Å²) >= 11 is 4.22. The Hall–Kier alpha value is -2.22. The Labute approximate surface area is 185 Å². The van der Waals surface area contributed by atoms with E-state index in [0.717, 1.165) is 16.7 Å². The first-order chi connectivity index (χ1) is 13.8. The highest BCUT2D eigenvalue weighted by Crippen LogP contribution is 2.27. The number of nitrogens with one attached hydrogen (secondary N) is 2. The molecule has 168 valence electrons. The van der Waals surface area contributed by atoms with Crippen LogP contribution in [0, 0.1) is 13.8 Å². The number of hydrogen-bond acceptors (Lipinski definition) is 5. The number of alkyl carbamates (subject to hydrolysis) is 1. The van der Waals surface area contributed by atoms with E-state index in [9.17, 15) is 14.4 Å². The third-order valence-corrected chi connectivity index (χ3v) is 4.77. The molecule has 1 aromatic rings. The van der Waals surface area contributed by atoms with Crippen molar-refractivity contribution in [3.05, 3.63) is 34.9 Å². The zero-order valence-corrected chi connectivity index (χ0v) is 20.1.